The van der Waals surface area contributed by atoms with Crippen LogP contribution in [0.25, 0.3) is 10.4 Å². The third kappa shape index (κ3) is 4.47. The van der Waals surface area contributed by atoms with Crippen LogP contribution in [0.3, 0.4) is 0 Å². The highest BCUT2D eigenvalue weighted by atomic mass is 16.1. The van der Waals surface area contributed by atoms with E-state index in [4.69, 9.17) is 5.53 Å². The molecule has 1 aromatic carbocycles. The molecule has 1 aromatic rings. The van der Waals surface area contributed by atoms with Gasteiger partial charge in [-0.2, -0.15) is 0 Å². The molecule has 0 atom stereocenters. The van der Waals surface area contributed by atoms with E-state index in [0.717, 1.165) is 18.4 Å². The first-order valence-electron chi connectivity index (χ1n) is 6.01. The third-order valence-corrected chi connectivity index (χ3v) is 2.80. The van der Waals surface area contributed by atoms with E-state index in [9.17, 15) is 4.79 Å². The molecule has 0 heterocycles. The number of carbonyl (C=O) groups excluding carboxylic acids is 1. The summed E-state index contributed by atoms with van der Waals surface area (Å²) in [5.41, 5.74) is 11.1. The van der Waals surface area contributed by atoms with Crippen molar-refractivity contribution in [1.29, 1.82) is 0 Å². The molecule has 0 saturated carbocycles. The minimum absolute atomic E-state index is 0.0538. The van der Waals surface area contributed by atoms with Gasteiger partial charge in [0.05, 0.1) is 0 Å². The second-order valence-corrected chi connectivity index (χ2v) is 4.22. The molecule has 0 radical (unpaired) electrons. The SMILES string of the molecule is Cc1ccc(C(=O)NCCCCN=[N+]=[N-])cc1C. The lowest BCUT2D eigenvalue weighted by atomic mass is 10.1. The second kappa shape index (κ2) is 7.35. The van der Waals surface area contributed by atoms with Gasteiger partial charge in [-0.05, 0) is 55.5 Å². The van der Waals surface area contributed by atoms with Gasteiger partial charge in [0.15, 0.2) is 0 Å². The summed E-state index contributed by atoms with van der Waals surface area (Å²) in [6.45, 7) is 5.10. The van der Waals surface area contributed by atoms with Crippen LogP contribution in [0.15, 0.2) is 23.3 Å². The Bertz CT molecular complexity index is 464. The number of unbranched alkanes of at least 4 members (excludes halogenated alkanes) is 1. The van der Waals surface area contributed by atoms with Crippen LogP contribution in [0.5, 0.6) is 0 Å². The van der Waals surface area contributed by atoms with Crippen LogP contribution in [0.2, 0.25) is 0 Å². The molecule has 0 aliphatic rings. The zero-order chi connectivity index (χ0) is 13.4. The summed E-state index contributed by atoms with van der Waals surface area (Å²) in [5.74, 6) is -0.0538. The fourth-order valence-corrected chi connectivity index (χ4v) is 1.54. The summed E-state index contributed by atoms with van der Waals surface area (Å²) in [4.78, 5) is 14.5. The van der Waals surface area contributed by atoms with Gasteiger partial charge in [-0.3, -0.25) is 4.79 Å². The molecule has 0 saturated heterocycles. The van der Waals surface area contributed by atoms with E-state index >= 15 is 0 Å². The highest BCUT2D eigenvalue weighted by molar-refractivity contribution is 5.94. The van der Waals surface area contributed by atoms with Gasteiger partial charge in [0.25, 0.3) is 5.91 Å². The van der Waals surface area contributed by atoms with Gasteiger partial charge in [0.2, 0.25) is 0 Å². The molecule has 0 fully saturated rings. The molecule has 5 heteroatoms. The smallest absolute Gasteiger partial charge is 0.251 e. The van der Waals surface area contributed by atoms with Crippen molar-refractivity contribution in [3.63, 3.8) is 0 Å². The summed E-state index contributed by atoms with van der Waals surface area (Å²) in [5, 5.41) is 6.28. The quantitative estimate of drug-likeness (QED) is 0.356. The van der Waals surface area contributed by atoms with E-state index in [0.29, 0.717) is 18.7 Å². The average molecular weight is 246 g/mol. The maximum absolute atomic E-state index is 11.8. The molecule has 1 rings (SSSR count). The van der Waals surface area contributed by atoms with Crippen molar-refractivity contribution >= 4 is 5.91 Å². The van der Waals surface area contributed by atoms with E-state index in [1.165, 1.54) is 5.56 Å². The van der Waals surface area contributed by atoms with Crippen molar-refractivity contribution in [2.75, 3.05) is 13.1 Å². The first-order chi connectivity index (χ1) is 8.65. The molecule has 1 amide bonds. The van der Waals surface area contributed by atoms with Gasteiger partial charge >= 0.3 is 0 Å². The maximum Gasteiger partial charge on any atom is 0.251 e. The largest absolute Gasteiger partial charge is 0.352 e. The normalized spacial score (nSPS) is 9.67. The summed E-state index contributed by atoms with van der Waals surface area (Å²) in [7, 11) is 0. The number of nitrogens with one attached hydrogen (secondary N) is 1. The number of carbonyl (C=O) groups is 1. The standard InChI is InChI=1S/C13H18N4O/c1-10-5-6-12(9-11(10)2)13(18)15-7-3-4-8-16-17-14/h5-6,9H,3-4,7-8H2,1-2H3,(H,15,18). The summed E-state index contributed by atoms with van der Waals surface area (Å²) >= 11 is 0. The van der Waals surface area contributed by atoms with E-state index in [-0.39, 0.29) is 5.91 Å². The van der Waals surface area contributed by atoms with Crippen molar-refractivity contribution in [3.05, 3.63) is 45.3 Å². The van der Waals surface area contributed by atoms with E-state index in [1.807, 2.05) is 32.0 Å². The van der Waals surface area contributed by atoms with Crippen LogP contribution >= 0.6 is 0 Å². The minimum Gasteiger partial charge on any atom is -0.352 e. The van der Waals surface area contributed by atoms with E-state index in [1.54, 1.807) is 0 Å². The summed E-state index contributed by atoms with van der Waals surface area (Å²) in [6.07, 6.45) is 1.60. The molecule has 0 bridgehead atoms. The lowest BCUT2D eigenvalue weighted by Crippen LogP contribution is -2.24. The molecular weight excluding hydrogens is 228 g/mol. The molecular formula is C13H18N4O. The fourth-order valence-electron chi connectivity index (χ4n) is 1.54. The van der Waals surface area contributed by atoms with Crippen LogP contribution in [0.4, 0.5) is 0 Å². The number of benzene rings is 1. The van der Waals surface area contributed by atoms with Crippen LogP contribution in [-0.4, -0.2) is 19.0 Å². The maximum atomic E-state index is 11.8. The Hall–Kier alpha value is -2.00. The second-order valence-electron chi connectivity index (χ2n) is 4.22. The first kappa shape index (κ1) is 14.1. The Morgan fingerprint density at radius 3 is 2.78 bits per heavy atom. The zero-order valence-electron chi connectivity index (χ0n) is 10.8. The molecule has 0 aliphatic carbocycles. The van der Waals surface area contributed by atoms with Gasteiger partial charge in [-0.15, -0.1) is 0 Å². The highest BCUT2D eigenvalue weighted by Gasteiger charge is 2.05. The van der Waals surface area contributed by atoms with Crippen LogP contribution < -0.4 is 5.32 Å². The molecule has 18 heavy (non-hydrogen) atoms. The Balaban J connectivity index is 2.36. The van der Waals surface area contributed by atoms with E-state index in [2.05, 4.69) is 15.3 Å². The number of hydrogen-bond donors (Lipinski definition) is 1. The van der Waals surface area contributed by atoms with Crippen molar-refractivity contribution in [2.24, 2.45) is 5.11 Å². The molecule has 0 unspecified atom stereocenters. The third-order valence-electron chi connectivity index (χ3n) is 2.80. The number of rotatable bonds is 6. The summed E-state index contributed by atoms with van der Waals surface area (Å²) in [6, 6.07) is 5.67. The molecule has 1 N–H and O–H groups in total. The number of nitrogens with zero attached hydrogens (tertiary/aromatic N) is 3. The summed E-state index contributed by atoms with van der Waals surface area (Å²) < 4.78 is 0. The van der Waals surface area contributed by atoms with Gasteiger partial charge in [0.1, 0.15) is 0 Å². The molecule has 5 nitrogen and oxygen atoms in total. The van der Waals surface area contributed by atoms with E-state index < -0.39 is 0 Å². The minimum atomic E-state index is -0.0538. The Labute approximate surface area is 107 Å². The lowest BCUT2D eigenvalue weighted by Gasteiger charge is -2.06. The van der Waals surface area contributed by atoms with Gasteiger partial charge in [-0.1, -0.05) is 11.2 Å². The van der Waals surface area contributed by atoms with Crippen molar-refractivity contribution in [1.82, 2.24) is 5.32 Å². The molecule has 0 aromatic heterocycles. The van der Waals surface area contributed by atoms with Gasteiger partial charge in [-0.25, -0.2) is 0 Å². The predicted octanol–water partition coefficient (Wildman–Crippen LogP) is 3.12. The van der Waals surface area contributed by atoms with Crippen LogP contribution in [-0.2, 0) is 0 Å². The Morgan fingerprint density at radius 1 is 1.33 bits per heavy atom. The van der Waals surface area contributed by atoms with Crippen LogP contribution in [0.1, 0.15) is 34.3 Å². The van der Waals surface area contributed by atoms with Crippen LogP contribution in [0, 0.1) is 13.8 Å². The number of azide groups is 1. The van der Waals surface area contributed by atoms with Gasteiger partial charge in [0, 0.05) is 23.6 Å². The number of aryl methyl sites for hydroxylation is 2. The molecule has 0 aliphatic heterocycles. The monoisotopic (exact) mass is 246 g/mol. The average Bonchev–Trinajstić information content (AvgIpc) is 2.36. The Morgan fingerprint density at radius 2 is 2.11 bits per heavy atom. The molecule has 0 spiro atoms. The highest BCUT2D eigenvalue weighted by Crippen LogP contribution is 2.09. The fraction of sp³-hybridized carbons (Fsp3) is 0.462. The lowest BCUT2D eigenvalue weighted by molar-refractivity contribution is 0.0953. The van der Waals surface area contributed by atoms with Gasteiger partial charge < -0.3 is 5.32 Å². The van der Waals surface area contributed by atoms with Crippen molar-refractivity contribution < 1.29 is 4.79 Å². The number of hydrogen-bond acceptors (Lipinski definition) is 2. The number of amides is 1. The Kier molecular flexibility index (Phi) is 5.74. The first-order valence-corrected chi connectivity index (χ1v) is 6.01. The molecule has 96 valence electrons. The van der Waals surface area contributed by atoms with Crippen molar-refractivity contribution in [3.8, 4) is 0 Å². The zero-order valence-corrected chi connectivity index (χ0v) is 10.8. The van der Waals surface area contributed by atoms with Crippen molar-refractivity contribution in [2.45, 2.75) is 26.7 Å². The topological polar surface area (TPSA) is 77.9 Å². The predicted molar refractivity (Wildman–Crippen MR) is 71.5 cm³/mol.